The van der Waals surface area contributed by atoms with Crippen molar-refractivity contribution in [2.75, 3.05) is 6.54 Å². The van der Waals surface area contributed by atoms with Gasteiger partial charge < -0.3 is 15.4 Å². The number of aryl methyl sites for hydroxylation is 1. The maximum Gasteiger partial charge on any atom is 0.102 e. The molecule has 86 valence electrons. The molecule has 0 amide bonds. The van der Waals surface area contributed by atoms with Crippen molar-refractivity contribution in [1.29, 1.82) is 0 Å². The monoisotopic (exact) mass is 211 g/mol. The van der Waals surface area contributed by atoms with Crippen LogP contribution in [0.5, 0.6) is 0 Å². The average molecular weight is 211 g/mol. The molecule has 0 spiro atoms. The molecule has 2 unspecified atom stereocenters. The third kappa shape index (κ3) is 2.21. The van der Waals surface area contributed by atoms with Crippen molar-refractivity contribution in [1.82, 2.24) is 9.55 Å². The summed E-state index contributed by atoms with van der Waals surface area (Å²) in [6.45, 7) is 7.37. The van der Waals surface area contributed by atoms with E-state index >= 15 is 0 Å². The second kappa shape index (κ2) is 4.77. The maximum atomic E-state index is 10.3. The van der Waals surface area contributed by atoms with E-state index in [1.54, 1.807) is 12.5 Å². The van der Waals surface area contributed by atoms with Gasteiger partial charge in [0.15, 0.2) is 0 Å². The number of imidazole rings is 1. The molecule has 0 aliphatic rings. The number of hydrogen-bond acceptors (Lipinski definition) is 3. The topological polar surface area (TPSA) is 64.1 Å². The molecule has 0 fully saturated rings. The van der Waals surface area contributed by atoms with E-state index in [0.29, 0.717) is 6.54 Å². The smallest absolute Gasteiger partial charge is 0.102 e. The van der Waals surface area contributed by atoms with E-state index < -0.39 is 6.10 Å². The molecular weight excluding hydrogens is 190 g/mol. The highest BCUT2D eigenvalue weighted by Crippen LogP contribution is 2.35. The van der Waals surface area contributed by atoms with Crippen LogP contribution >= 0.6 is 0 Å². The van der Waals surface area contributed by atoms with Crippen LogP contribution in [0.1, 0.15) is 39.0 Å². The largest absolute Gasteiger partial charge is 0.386 e. The molecule has 15 heavy (non-hydrogen) atoms. The van der Waals surface area contributed by atoms with Crippen molar-refractivity contribution in [3.05, 3.63) is 18.2 Å². The van der Waals surface area contributed by atoms with Crippen molar-refractivity contribution in [3.8, 4) is 0 Å². The Balaban J connectivity index is 2.97. The standard InChI is InChI=1S/C11H21N3O/c1-4-11(3,7-12)10(15)9-6-13-8-14(9)5-2/h6,8,10,15H,4-5,7,12H2,1-3H3. The molecule has 4 nitrogen and oxygen atoms in total. The van der Waals surface area contributed by atoms with Crippen molar-refractivity contribution in [2.45, 2.75) is 39.8 Å². The number of nitrogens with zero attached hydrogens (tertiary/aromatic N) is 2. The number of aliphatic hydroxyl groups excluding tert-OH is 1. The summed E-state index contributed by atoms with van der Waals surface area (Å²) in [4.78, 5) is 4.06. The van der Waals surface area contributed by atoms with Crippen molar-refractivity contribution in [3.63, 3.8) is 0 Å². The highest BCUT2D eigenvalue weighted by atomic mass is 16.3. The molecule has 1 rings (SSSR count). The number of hydrogen-bond donors (Lipinski definition) is 2. The van der Waals surface area contributed by atoms with Gasteiger partial charge in [0, 0.05) is 18.5 Å². The molecule has 1 heterocycles. The molecule has 0 saturated heterocycles. The summed E-state index contributed by atoms with van der Waals surface area (Å²) in [5.41, 5.74) is 6.31. The predicted molar refractivity (Wildman–Crippen MR) is 60.3 cm³/mol. The Hall–Kier alpha value is -0.870. The second-order valence-corrected chi connectivity index (χ2v) is 4.22. The molecule has 0 radical (unpaired) electrons. The lowest BCUT2D eigenvalue weighted by molar-refractivity contribution is 0.0330. The van der Waals surface area contributed by atoms with Gasteiger partial charge in [0.2, 0.25) is 0 Å². The van der Waals surface area contributed by atoms with Gasteiger partial charge in [-0.2, -0.15) is 0 Å². The summed E-state index contributed by atoms with van der Waals surface area (Å²) in [6.07, 6.45) is 3.76. The van der Waals surface area contributed by atoms with Crippen LogP contribution in [0.25, 0.3) is 0 Å². The van der Waals surface area contributed by atoms with Crippen LogP contribution in [0.15, 0.2) is 12.5 Å². The lowest BCUT2D eigenvalue weighted by atomic mass is 9.80. The second-order valence-electron chi connectivity index (χ2n) is 4.22. The molecule has 0 saturated carbocycles. The highest BCUT2D eigenvalue weighted by Gasteiger charge is 2.32. The molecular formula is C11H21N3O. The first kappa shape index (κ1) is 12.2. The molecule has 1 aromatic rings. The van der Waals surface area contributed by atoms with Gasteiger partial charge in [0.05, 0.1) is 18.2 Å². The maximum absolute atomic E-state index is 10.3. The first-order valence-corrected chi connectivity index (χ1v) is 5.47. The number of aromatic nitrogens is 2. The van der Waals surface area contributed by atoms with Crippen LogP contribution in [-0.2, 0) is 6.54 Å². The summed E-state index contributed by atoms with van der Waals surface area (Å²) in [6, 6.07) is 0. The summed E-state index contributed by atoms with van der Waals surface area (Å²) in [5.74, 6) is 0. The van der Waals surface area contributed by atoms with E-state index in [-0.39, 0.29) is 5.41 Å². The minimum absolute atomic E-state index is 0.271. The van der Waals surface area contributed by atoms with Crippen LogP contribution in [0.3, 0.4) is 0 Å². The third-order valence-corrected chi connectivity index (χ3v) is 3.30. The summed E-state index contributed by atoms with van der Waals surface area (Å²) < 4.78 is 1.95. The van der Waals surface area contributed by atoms with E-state index in [2.05, 4.69) is 4.98 Å². The third-order valence-electron chi connectivity index (χ3n) is 3.30. The van der Waals surface area contributed by atoms with Gasteiger partial charge in [-0.15, -0.1) is 0 Å². The Morgan fingerprint density at radius 3 is 2.73 bits per heavy atom. The van der Waals surface area contributed by atoms with Crippen LogP contribution in [0.4, 0.5) is 0 Å². The lowest BCUT2D eigenvalue weighted by Gasteiger charge is -2.32. The zero-order chi connectivity index (χ0) is 11.5. The summed E-state index contributed by atoms with van der Waals surface area (Å²) in [7, 11) is 0. The van der Waals surface area contributed by atoms with E-state index in [0.717, 1.165) is 18.7 Å². The Kier molecular flexibility index (Phi) is 3.88. The van der Waals surface area contributed by atoms with Crippen molar-refractivity contribution < 1.29 is 5.11 Å². The molecule has 2 atom stereocenters. The van der Waals surface area contributed by atoms with Gasteiger partial charge in [-0.25, -0.2) is 4.98 Å². The normalized spacial score (nSPS) is 17.4. The quantitative estimate of drug-likeness (QED) is 0.772. The van der Waals surface area contributed by atoms with Gasteiger partial charge in [-0.05, 0) is 13.3 Å². The van der Waals surface area contributed by atoms with Crippen LogP contribution < -0.4 is 5.73 Å². The zero-order valence-electron chi connectivity index (χ0n) is 9.77. The van der Waals surface area contributed by atoms with E-state index in [4.69, 9.17) is 5.73 Å². The van der Waals surface area contributed by atoms with Gasteiger partial charge in [0.25, 0.3) is 0 Å². The minimum Gasteiger partial charge on any atom is -0.386 e. The molecule has 3 N–H and O–H groups in total. The summed E-state index contributed by atoms with van der Waals surface area (Å²) >= 11 is 0. The summed E-state index contributed by atoms with van der Waals surface area (Å²) in [5, 5.41) is 10.3. The van der Waals surface area contributed by atoms with Crippen molar-refractivity contribution >= 4 is 0 Å². The average Bonchev–Trinajstić information content (AvgIpc) is 2.74. The van der Waals surface area contributed by atoms with Crippen LogP contribution in [-0.4, -0.2) is 21.2 Å². The number of aliphatic hydroxyl groups is 1. The minimum atomic E-state index is -0.546. The Morgan fingerprint density at radius 1 is 1.60 bits per heavy atom. The Bertz CT molecular complexity index is 305. The van der Waals surface area contributed by atoms with Gasteiger partial charge >= 0.3 is 0 Å². The van der Waals surface area contributed by atoms with Crippen LogP contribution in [0.2, 0.25) is 0 Å². The van der Waals surface area contributed by atoms with E-state index in [1.165, 1.54) is 0 Å². The Morgan fingerprint density at radius 2 is 2.27 bits per heavy atom. The fourth-order valence-corrected chi connectivity index (χ4v) is 1.63. The SMILES string of the molecule is CCn1cncc1C(O)C(C)(CC)CN. The van der Waals surface area contributed by atoms with Gasteiger partial charge in [-0.1, -0.05) is 13.8 Å². The molecule has 0 aromatic carbocycles. The molecule has 0 aliphatic carbocycles. The van der Waals surface area contributed by atoms with E-state index in [9.17, 15) is 5.11 Å². The lowest BCUT2D eigenvalue weighted by Crippen LogP contribution is -2.34. The van der Waals surface area contributed by atoms with Gasteiger partial charge in [0.1, 0.15) is 6.10 Å². The molecule has 0 aliphatic heterocycles. The van der Waals surface area contributed by atoms with Crippen LogP contribution in [0, 0.1) is 5.41 Å². The Labute approximate surface area is 91.1 Å². The predicted octanol–water partition coefficient (Wildman–Crippen LogP) is 1.31. The number of rotatable bonds is 5. The molecule has 4 heteroatoms. The first-order valence-electron chi connectivity index (χ1n) is 5.47. The highest BCUT2D eigenvalue weighted by molar-refractivity contribution is 5.07. The fraction of sp³-hybridized carbons (Fsp3) is 0.727. The zero-order valence-corrected chi connectivity index (χ0v) is 9.77. The molecule has 0 bridgehead atoms. The fourth-order valence-electron chi connectivity index (χ4n) is 1.63. The number of nitrogens with two attached hydrogens (primary N) is 1. The molecule has 1 aromatic heterocycles. The van der Waals surface area contributed by atoms with Gasteiger partial charge in [-0.3, -0.25) is 0 Å². The first-order chi connectivity index (χ1) is 7.09. The van der Waals surface area contributed by atoms with Crippen molar-refractivity contribution in [2.24, 2.45) is 11.1 Å². The van der Waals surface area contributed by atoms with E-state index in [1.807, 2.05) is 25.3 Å².